The molecule has 3 nitrogen and oxygen atoms in total. The molecular formula is C12H10BrClN2O. The van der Waals surface area contributed by atoms with Gasteiger partial charge < -0.3 is 5.32 Å². The van der Waals surface area contributed by atoms with Crippen LogP contribution in [0.3, 0.4) is 0 Å². The van der Waals surface area contributed by atoms with Crippen LogP contribution in [0.1, 0.15) is 29.6 Å². The highest BCUT2D eigenvalue weighted by molar-refractivity contribution is 9.10. The Morgan fingerprint density at radius 1 is 1.47 bits per heavy atom. The number of carbonyl (C=O) groups excluding carboxylic acids is 1. The molecule has 0 heterocycles. The fourth-order valence-corrected chi connectivity index (χ4v) is 2.63. The van der Waals surface area contributed by atoms with E-state index in [1.165, 1.54) is 0 Å². The van der Waals surface area contributed by atoms with Gasteiger partial charge in [0, 0.05) is 15.1 Å². The second kappa shape index (κ2) is 4.67. The number of rotatable bonds is 2. The fourth-order valence-electron chi connectivity index (χ4n) is 1.77. The molecule has 88 valence electrons. The van der Waals surface area contributed by atoms with E-state index in [4.69, 9.17) is 16.9 Å². The Hall–Kier alpha value is -1.05. The zero-order chi connectivity index (χ0) is 12.5. The van der Waals surface area contributed by atoms with Gasteiger partial charge in [0.1, 0.15) is 5.54 Å². The number of hydrogen-bond acceptors (Lipinski definition) is 2. The topological polar surface area (TPSA) is 52.9 Å². The summed E-state index contributed by atoms with van der Waals surface area (Å²) in [7, 11) is 0. The van der Waals surface area contributed by atoms with Gasteiger partial charge in [-0.15, -0.1) is 0 Å². The second-order valence-electron chi connectivity index (χ2n) is 4.16. The lowest BCUT2D eigenvalue weighted by Gasteiger charge is -2.35. The molecule has 1 aliphatic carbocycles. The van der Waals surface area contributed by atoms with Gasteiger partial charge in [-0.05, 0) is 37.5 Å². The number of carbonyl (C=O) groups is 1. The van der Waals surface area contributed by atoms with Gasteiger partial charge in [0.25, 0.3) is 5.91 Å². The van der Waals surface area contributed by atoms with Crippen LogP contribution in [0.15, 0.2) is 22.7 Å². The third kappa shape index (κ3) is 2.62. The van der Waals surface area contributed by atoms with Crippen LogP contribution in [0.4, 0.5) is 0 Å². The van der Waals surface area contributed by atoms with Crippen LogP contribution < -0.4 is 5.32 Å². The van der Waals surface area contributed by atoms with Crippen molar-refractivity contribution >= 4 is 33.4 Å². The van der Waals surface area contributed by atoms with E-state index in [0.29, 0.717) is 10.6 Å². The summed E-state index contributed by atoms with van der Waals surface area (Å²) < 4.78 is 0.745. The molecule has 5 heteroatoms. The molecular weight excluding hydrogens is 304 g/mol. The van der Waals surface area contributed by atoms with Crippen LogP contribution in [0, 0.1) is 11.3 Å². The Morgan fingerprint density at radius 2 is 2.18 bits per heavy atom. The number of amides is 1. The second-order valence-corrected chi connectivity index (χ2v) is 5.51. The van der Waals surface area contributed by atoms with E-state index >= 15 is 0 Å². The van der Waals surface area contributed by atoms with E-state index < -0.39 is 5.54 Å². The largest absolute Gasteiger partial charge is 0.334 e. The smallest absolute Gasteiger partial charge is 0.252 e. The molecule has 0 spiro atoms. The normalized spacial score (nSPS) is 16.8. The van der Waals surface area contributed by atoms with E-state index in [1.54, 1.807) is 18.2 Å². The van der Waals surface area contributed by atoms with Crippen LogP contribution in [0.25, 0.3) is 0 Å². The summed E-state index contributed by atoms with van der Waals surface area (Å²) >= 11 is 9.15. The Labute approximate surface area is 113 Å². The summed E-state index contributed by atoms with van der Waals surface area (Å²) in [5.74, 6) is -0.255. The van der Waals surface area contributed by atoms with E-state index in [1.807, 2.05) is 0 Å². The molecule has 1 N–H and O–H groups in total. The SMILES string of the molecule is N#CC1(NC(=O)c2cc(Cl)cc(Br)c2)CCC1. The van der Waals surface area contributed by atoms with Gasteiger partial charge in [-0.25, -0.2) is 0 Å². The molecule has 1 amide bonds. The lowest BCUT2D eigenvalue weighted by atomic mass is 9.78. The maximum atomic E-state index is 12.0. The molecule has 17 heavy (non-hydrogen) atoms. The molecule has 1 aliphatic rings. The Morgan fingerprint density at radius 3 is 2.65 bits per heavy atom. The molecule has 1 saturated carbocycles. The van der Waals surface area contributed by atoms with Crippen molar-refractivity contribution in [1.82, 2.24) is 5.32 Å². The maximum absolute atomic E-state index is 12.0. The molecule has 0 bridgehead atoms. The number of nitrogens with one attached hydrogen (secondary N) is 1. The van der Waals surface area contributed by atoms with Crippen LogP contribution in [-0.4, -0.2) is 11.4 Å². The lowest BCUT2D eigenvalue weighted by Crippen LogP contribution is -2.52. The van der Waals surface area contributed by atoms with Crippen molar-refractivity contribution in [2.75, 3.05) is 0 Å². The van der Waals surface area contributed by atoms with Crippen molar-refractivity contribution in [2.45, 2.75) is 24.8 Å². The van der Waals surface area contributed by atoms with Crippen LogP contribution in [-0.2, 0) is 0 Å². The fraction of sp³-hybridized carbons (Fsp3) is 0.333. The molecule has 2 rings (SSSR count). The molecule has 0 atom stereocenters. The predicted octanol–water partition coefficient (Wildman–Crippen LogP) is 3.28. The first-order valence-electron chi connectivity index (χ1n) is 5.24. The van der Waals surface area contributed by atoms with E-state index in [-0.39, 0.29) is 5.91 Å². The average Bonchev–Trinajstić information content (AvgIpc) is 2.21. The van der Waals surface area contributed by atoms with Crippen molar-refractivity contribution in [2.24, 2.45) is 0 Å². The summed E-state index contributed by atoms with van der Waals surface area (Å²) in [6.45, 7) is 0. The Balaban J connectivity index is 2.18. The number of nitriles is 1. The third-order valence-corrected chi connectivity index (χ3v) is 3.57. The molecule has 1 aromatic rings. The standard InChI is InChI=1S/C12H10BrClN2O/c13-9-4-8(5-10(14)6-9)11(17)16-12(7-15)2-1-3-12/h4-6H,1-3H2,(H,16,17). The highest BCUT2D eigenvalue weighted by Gasteiger charge is 2.38. The minimum Gasteiger partial charge on any atom is -0.334 e. The summed E-state index contributed by atoms with van der Waals surface area (Å²) in [5.41, 5.74) is -0.211. The molecule has 0 radical (unpaired) electrons. The molecule has 0 unspecified atom stereocenters. The Bertz CT molecular complexity index is 485. The lowest BCUT2D eigenvalue weighted by molar-refractivity contribution is 0.0881. The van der Waals surface area contributed by atoms with E-state index in [0.717, 1.165) is 23.7 Å². The first-order valence-corrected chi connectivity index (χ1v) is 6.42. The van der Waals surface area contributed by atoms with Crippen molar-refractivity contribution < 1.29 is 4.79 Å². The molecule has 1 aromatic carbocycles. The van der Waals surface area contributed by atoms with Gasteiger partial charge in [0.15, 0.2) is 0 Å². The van der Waals surface area contributed by atoms with Crippen molar-refractivity contribution in [3.63, 3.8) is 0 Å². The quantitative estimate of drug-likeness (QED) is 0.911. The zero-order valence-electron chi connectivity index (χ0n) is 8.96. The highest BCUT2D eigenvalue weighted by Crippen LogP contribution is 2.31. The molecule has 0 aromatic heterocycles. The van der Waals surface area contributed by atoms with Gasteiger partial charge in [-0.1, -0.05) is 27.5 Å². The number of nitrogens with zero attached hydrogens (tertiary/aromatic N) is 1. The first-order chi connectivity index (χ1) is 8.04. The van der Waals surface area contributed by atoms with Crippen LogP contribution in [0.5, 0.6) is 0 Å². The number of benzene rings is 1. The first kappa shape index (κ1) is 12.4. The molecule has 0 saturated heterocycles. The van der Waals surface area contributed by atoms with E-state index in [9.17, 15) is 4.79 Å². The summed E-state index contributed by atoms with van der Waals surface area (Å²) in [6.07, 6.45) is 2.42. The summed E-state index contributed by atoms with van der Waals surface area (Å²) in [5, 5.41) is 12.3. The van der Waals surface area contributed by atoms with E-state index in [2.05, 4.69) is 27.3 Å². The number of halogens is 2. The molecule has 0 aliphatic heterocycles. The van der Waals surface area contributed by atoms with Gasteiger partial charge in [0.2, 0.25) is 0 Å². The van der Waals surface area contributed by atoms with Crippen molar-refractivity contribution in [3.8, 4) is 6.07 Å². The number of hydrogen-bond donors (Lipinski definition) is 1. The zero-order valence-corrected chi connectivity index (χ0v) is 11.3. The minimum atomic E-state index is -0.675. The Kier molecular flexibility index (Phi) is 3.41. The minimum absolute atomic E-state index is 0.255. The molecule has 1 fully saturated rings. The van der Waals surface area contributed by atoms with Gasteiger partial charge in [-0.3, -0.25) is 4.79 Å². The average molecular weight is 314 g/mol. The van der Waals surface area contributed by atoms with Gasteiger partial charge >= 0.3 is 0 Å². The van der Waals surface area contributed by atoms with Crippen molar-refractivity contribution in [1.29, 1.82) is 5.26 Å². The summed E-state index contributed by atoms with van der Waals surface area (Å²) in [4.78, 5) is 12.0. The van der Waals surface area contributed by atoms with Gasteiger partial charge in [-0.2, -0.15) is 5.26 Å². The van der Waals surface area contributed by atoms with Gasteiger partial charge in [0.05, 0.1) is 6.07 Å². The van der Waals surface area contributed by atoms with Crippen LogP contribution >= 0.6 is 27.5 Å². The highest BCUT2D eigenvalue weighted by atomic mass is 79.9. The predicted molar refractivity (Wildman–Crippen MR) is 68.8 cm³/mol. The third-order valence-electron chi connectivity index (χ3n) is 2.90. The summed E-state index contributed by atoms with van der Waals surface area (Å²) in [6, 6.07) is 7.15. The monoisotopic (exact) mass is 312 g/mol. The van der Waals surface area contributed by atoms with Crippen molar-refractivity contribution in [3.05, 3.63) is 33.3 Å². The van der Waals surface area contributed by atoms with Crippen LogP contribution in [0.2, 0.25) is 5.02 Å². The maximum Gasteiger partial charge on any atom is 0.252 e.